The average molecular weight is 355 g/mol. The number of carbonyl (C=O) groups is 1. The highest BCUT2D eigenvalue weighted by Gasteiger charge is 2.24. The minimum atomic E-state index is 0. The molecule has 1 aromatic rings. The van der Waals surface area contributed by atoms with Crippen LogP contribution in [-0.2, 0) is 11.3 Å². The van der Waals surface area contributed by atoms with Crippen molar-refractivity contribution in [1.29, 1.82) is 0 Å². The van der Waals surface area contributed by atoms with Crippen LogP contribution in [0.25, 0.3) is 0 Å². The maximum atomic E-state index is 12.4. The molecule has 1 heterocycles. The second-order valence-corrected chi connectivity index (χ2v) is 6.93. The number of piperidine rings is 1. The van der Waals surface area contributed by atoms with Crippen LogP contribution in [0.5, 0.6) is 5.75 Å². The van der Waals surface area contributed by atoms with Crippen molar-refractivity contribution in [2.75, 3.05) is 13.2 Å². The Morgan fingerprint density at radius 1 is 1.38 bits per heavy atom. The molecule has 1 saturated heterocycles. The Hall–Kier alpha value is -1.26. The zero-order chi connectivity index (χ0) is 16.7. The van der Waals surface area contributed by atoms with Crippen LogP contribution in [0.3, 0.4) is 0 Å². The monoisotopic (exact) mass is 354 g/mol. The van der Waals surface area contributed by atoms with E-state index in [9.17, 15) is 4.79 Å². The van der Waals surface area contributed by atoms with Gasteiger partial charge in [0.25, 0.3) is 0 Å². The van der Waals surface area contributed by atoms with Gasteiger partial charge in [-0.25, -0.2) is 0 Å². The maximum Gasteiger partial charge on any atom is 0.223 e. The first-order valence-corrected chi connectivity index (χ1v) is 8.78. The molecule has 0 unspecified atom stereocenters. The summed E-state index contributed by atoms with van der Waals surface area (Å²) < 4.78 is 5.88. The molecule has 0 spiro atoms. The smallest absolute Gasteiger partial charge is 0.223 e. The van der Waals surface area contributed by atoms with Gasteiger partial charge in [-0.1, -0.05) is 32.0 Å². The first-order chi connectivity index (χ1) is 11.1. The lowest BCUT2D eigenvalue weighted by molar-refractivity contribution is -0.126. The summed E-state index contributed by atoms with van der Waals surface area (Å²) >= 11 is 0. The van der Waals surface area contributed by atoms with E-state index in [2.05, 4.69) is 31.4 Å². The van der Waals surface area contributed by atoms with E-state index in [4.69, 9.17) is 4.74 Å². The van der Waals surface area contributed by atoms with Crippen molar-refractivity contribution in [3.63, 3.8) is 0 Å². The molecule has 0 saturated carbocycles. The van der Waals surface area contributed by atoms with E-state index in [-0.39, 0.29) is 24.2 Å². The van der Waals surface area contributed by atoms with E-state index in [1.54, 1.807) is 0 Å². The largest absolute Gasteiger partial charge is 0.493 e. The Morgan fingerprint density at radius 3 is 2.83 bits per heavy atom. The quantitative estimate of drug-likeness (QED) is 0.787. The number of carbonyl (C=O) groups excluding carboxylic acids is 1. The minimum absolute atomic E-state index is 0. The highest BCUT2D eigenvalue weighted by Crippen LogP contribution is 2.20. The number of rotatable bonds is 7. The fourth-order valence-electron chi connectivity index (χ4n) is 2.89. The van der Waals surface area contributed by atoms with Crippen molar-refractivity contribution in [3.05, 3.63) is 29.8 Å². The number of nitrogens with one attached hydrogen (secondary N) is 2. The summed E-state index contributed by atoms with van der Waals surface area (Å²) in [6, 6.07) is 8.39. The lowest BCUT2D eigenvalue weighted by Gasteiger charge is -2.27. The van der Waals surface area contributed by atoms with Crippen LogP contribution in [0.15, 0.2) is 24.3 Å². The van der Waals surface area contributed by atoms with E-state index < -0.39 is 0 Å². The molecule has 0 aromatic heterocycles. The Labute approximate surface area is 152 Å². The molecule has 0 bridgehead atoms. The predicted molar refractivity (Wildman–Crippen MR) is 101 cm³/mol. The van der Waals surface area contributed by atoms with E-state index >= 15 is 0 Å². The molecule has 0 aliphatic carbocycles. The van der Waals surface area contributed by atoms with Crippen molar-refractivity contribution >= 4 is 18.3 Å². The lowest BCUT2D eigenvalue weighted by atomic mass is 9.92. The first kappa shape index (κ1) is 20.8. The molecule has 1 aliphatic heterocycles. The standard InChI is InChI=1S/C19H30N2O2.ClH/c1-14(2)9-11-23-18-7-5-4-6-17(18)13-21-19(22)16-8-10-20-15(3)12-16;/h4-7,14-16,20H,8-13H2,1-3H3,(H,21,22);1H/t15-,16-;/m0./s1. The highest BCUT2D eigenvalue weighted by atomic mass is 35.5. The number of halogens is 1. The summed E-state index contributed by atoms with van der Waals surface area (Å²) in [5, 5.41) is 6.46. The minimum Gasteiger partial charge on any atom is -0.493 e. The summed E-state index contributed by atoms with van der Waals surface area (Å²) in [6.07, 6.45) is 2.87. The normalized spacial score (nSPS) is 20.3. The second kappa shape index (κ2) is 10.6. The third-order valence-corrected chi connectivity index (χ3v) is 4.37. The van der Waals surface area contributed by atoms with Gasteiger partial charge < -0.3 is 15.4 Å². The van der Waals surface area contributed by atoms with Gasteiger partial charge >= 0.3 is 0 Å². The molecule has 0 radical (unpaired) electrons. The van der Waals surface area contributed by atoms with Crippen LogP contribution in [0.1, 0.15) is 45.6 Å². The molecule has 136 valence electrons. The van der Waals surface area contributed by atoms with Crippen LogP contribution in [0, 0.1) is 11.8 Å². The van der Waals surface area contributed by atoms with Gasteiger partial charge in [0, 0.05) is 24.1 Å². The molecule has 24 heavy (non-hydrogen) atoms. The van der Waals surface area contributed by atoms with Gasteiger partial charge in [0.1, 0.15) is 5.75 Å². The van der Waals surface area contributed by atoms with E-state index in [0.29, 0.717) is 25.1 Å². The molecule has 1 amide bonds. The average Bonchev–Trinajstić information content (AvgIpc) is 2.53. The fourth-order valence-corrected chi connectivity index (χ4v) is 2.89. The first-order valence-electron chi connectivity index (χ1n) is 8.78. The zero-order valence-electron chi connectivity index (χ0n) is 15.0. The van der Waals surface area contributed by atoms with Crippen molar-refractivity contribution in [2.24, 2.45) is 11.8 Å². The predicted octanol–water partition coefficient (Wildman–Crippen LogP) is 3.54. The van der Waals surface area contributed by atoms with Crippen LogP contribution in [0.2, 0.25) is 0 Å². The SMILES string of the molecule is CC(C)CCOc1ccccc1CNC(=O)[C@H]1CCN[C@@H](C)C1.Cl. The summed E-state index contributed by atoms with van der Waals surface area (Å²) in [7, 11) is 0. The third kappa shape index (κ3) is 6.70. The van der Waals surface area contributed by atoms with Crippen LogP contribution in [-0.4, -0.2) is 25.1 Å². The zero-order valence-corrected chi connectivity index (χ0v) is 15.8. The van der Waals surface area contributed by atoms with E-state index in [0.717, 1.165) is 37.1 Å². The number of hydrogen-bond acceptors (Lipinski definition) is 3. The number of hydrogen-bond donors (Lipinski definition) is 2. The van der Waals surface area contributed by atoms with Crippen molar-refractivity contribution in [2.45, 2.75) is 52.6 Å². The van der Waals surface area contributed by atoms with Gasteiger partial charge in [-0.05, 0) is 44.7 Å². The summed E-state index contributed by atoms with van der Waals surface area (Å²) in [5.74, 6) is 1.80. The molecular formula is C19H31ClN2O2. The van der Waals surface area contributed by atoms with Gasteiger partial charge in [-0.15, -0.1) is 12.4 Å². The molecule has 1 fully saturated rings. The van der Waals surface area contributed by atoms with Gasteiger partial charge in [-0.3, -0.25) is 4.79 Å². The summed E-state index contributed by atoms with van der Waals surface area (Å²) in [4.78, 5) is 12.4. The molecule has 2 rings (SSSR count). The number of benzene rings is 1. The van der Waals surface area contributed by atoms with Crippen molar-refractivity contribution < 1.29 is 9.53 Å². The Balaban J connectivity index is 0.00000288. The summed E-state index contributed by atoms with van der Waals surface area (Å²) in [6.45, 7) is 8.69. The van der Waals surface area contributed by atoms with Crippen LogP contribution in [0.4, 0.5) is 0 Å². The Bertz CT molecular complexity index is 508. The van der Waals surface area contributed by atoms with Crippen LogP contribution < -0.4 is 15.4 Å². The highest BCUT2D eigenvalue weighted by molar-refractivity contribution is 5.85. The van der Waals surface area contributed by atoms with Gasteiger partial charge in [-0.2, -0.15) is 0 Å². The Kier molecular flexibility index (Phi) is 9.16. The molecule has 2 atom stereocenters. The van der Waals surface area contributed by atoms with Gasteiger partial charge in [0.05, 0.1) is 6.61 Å². The van der Waals surface area contributed by atoms with Gasteiger partial charge in [0.15, 0.2) is 0 Å². The second-order valence-electron chi connectivity index (χ2n) is 6.93. The van der Waals surface area contributed by atoms with Gasteiger partial charge in [0.2, 0.25) is 5.91 Å². The lowest BCUT2D eigenvalue weighted by Crippen LogP contribution is -2.42. The number of ether oxygens (including phenoxy) is 1. The maximum absolute atomic E-state index is 12.4. The Morgan fingerprint density at radius 2 is 2.12 bits per heavy atom. The molecular weight excluding hydrogens is 324 g/mol. The van der Waals surface area contributed by atoms with E-state index in [1.165, 1.54) is 0 Å². The molecule has 1 aliphatic rings. The molecule has 2 N–H and O–H groups in total. The van der Waals surface area contributed by atoms with Crippen LogP contribution >= 0.6 is 12.4 Å². The molecule has 5 heteroatoms. The van der Waals surface area contributed by atoms with Crippen molar-refractivity contribution in [3.8, 4) is 5.75 Å². The summed E-state index contributed by atoms with van der Waals surface area (Å²) in [5.41, 5.74) is 1.05. The topological polar surface area (TPSA) is 50.4 Å². The number of amides is 1. The van der Waals surface area contributed by atoms with Crippen molar-refractivity contribution in [1.82, 2.24) is 10.6 Å². The molecule has 4 nitrogen and oxygen atoms in total. The fraction of sp³-hybridized carbons (Fsp3) is 0.632. The molecule has 1 aromatic carbocycles. The number of para-hydroxylation sites is 1. The third-order valence-electron chi connectivity index (χ3n) is 4.37. The van der Waals surface area contributed by atoms with E-state index in [1.807, 2.05) is 24.3 Å².